The Bertz CT molecular complexity index is 703. The minimum absolute atomic E-state index is 0.134. The van der Waals surface area contributed by atoms with Gasteiger partial charge in [0, 0.05) is 11.6 Å². The SMILES string of the molecule is Cc1ccc(C2=CC(=Nc3ccccc3)C(F)(F)O2)cc1. The number of hydrogen-bond acceptors (Lipinski definition) is 2. The Labute approximate surface area is 121 Å². The van der Waals surface area contributed by atoms with E-state index < -0.39 is 6.11 Å². The Balaban J connectivity index is 1.97. The Kier molecular flexibility index (Phi) is 3.29. The van der Waals surface area contributed by atoms with Gasteiger partial charge >= 0.3 is 6.11 Å². The number of hydrogen-bond donors (Lipinski definition) is 0. The van der Waals surface area contributed by atoms with Crippen LogP contribution < -0.4 is 0 Å². The van der Waals surface area contributed by atoms with Gasteiger partial charge in [-0.1, -0.05) is 48.0 Å². The molecule has 1 aliphatic heterocycles. The predicted octanol–water partition coefficient (Wildman–Crippen LogP) is 4.73. The third-order valence-corrected chi connectivity index (χ3v) is 3.15. The van der Waals surface area contributed by atoms with Crippen molar-refractivity contribution in [1.29, 1.82) is 0 Å². The molecule has 0 bridgehead atoms. The minimum atomic E-state index is -3.41. The number of aliphatic imine (C=N–C) groups is 1. The number of nitrogens with zero attached hydrogens (tertiary/aromatic N) is 1. The molecule has 0 aromatic heterocycles. The first kappa shape index (κ1) is 13.5. The molecule has 2 aromatic carbocycles. The molecule has 2 nitrogen and oxygen atoms in total. The van der Waals surface area contributed by atoms with Gasteiger partial charge in [0.05, 0.1) is 5.69 Å². The Morgan fingerprint density at radius 1 is 0.952 bits per heavy atom. The van der Waals surface area contributed by atoms with Gasteiger partial charge in [0.15, 0.2) is 5.71 Å². The third kappa shape index (κ3) is 2.84. The summed E-state index contributed by atoms with van der Waals surface area (Å²) in [5.41, 5.74) is 1.75. The molecule has 2 aromatic rings. The molecule has 0 radical (unpaired) electrons. The molecule has 3 rings (SSSR count). The highest BCUT2D eigenvalue weighted by atomic mass is 19.3. The van der Waals surface area contributed by atoms with Crippen LogP contribution >= 0.6 is 0 Å². The molecule has 0 amide bonds. The lowest BCUT2D eigenvalue weighted by Crippen LogP contribution is -2.24. The number of para-hydroxylation sites is 1. The van der Waals surface area contributed by atoms with Crippen molar-refractivity contribution in [2.75, 3.05) is 0 Å². The van der Waals surface area contributed by atoms with Gasteiger partial charge < -0.3 is 4.74 Å². The van der Waals surface area contributed by atoms with Crippen molar-refractivity contribution < 1.29 is 13.5 Å². The quantitative estimate of drug-likeness (QED) is 0.781. The van der Waals surface area contributed by atoms with E-state index in [0.29, 0.717) is 11.3 Å². The van der Waals surface area contributed by atoms with Gasteiger partial charge in [0.25, 0.3) is 0 Å². The summed E-state index contributed by atoms with van der Waals surface area (Å²) in [6.45, 7) is 1.94. The van der Waals surface area contributed by atoms with Crippen LogP contribution in [0.2, 0.25) is 0 Å². The van der Waals surface area contributed by atoms with Gasteiger partial charge in [0.1, 0.15) is 5.76 Å². The zero-order chi connectivity index (χ0) is 14.9. The fraction of sp³-hybridized carbons (Fsp3) is 0.118. The Morgan fingerprint density at radius 3 is 2.29 bits per heavy atom. The second-order valence-electron chi connectivity index (χ2n) is 4.83. The molecule has 0 aliphatic carbocycles. The molecule has 4 heteroatoms. The van der Waals surface area contributed by atoms with Crippen LogP contribution in [0.5, 0.6) is 0 Å². The average Bonchev–Trinajstić information content (AvgIpc) is 2.76. The lowest BCUT2D eigenvalue weighted by atomic mass is 10.1. The average molecular weight is 285 g/mol. The summed E-state index contributed by atoms with van der Waals surface area (Å²) in [5, 5.41) is 0. The molecule has 0 N–H and O–H groups in total. The molecule has 0 saturated carbocycles. The van der Waals surface area contributed by atoms with Crippen molar-refractivity contribution >= 4 is 17.2 Å². The number of aryl methyl sites for hydroxylation is 1. The highest BCUT2D eigenvalue weighted by molar-refractivity contribution is 6.08. The molecule has 106 valence electrons. The standard InChI is InChI=1S/C17H13F2NO/c1-12-7-9-13(10-8-12)15-11-16(17(18,19)21-15)20-14-5-3-2-4-6-14/h2-11H,1H3. The minimum Gasteiger partial charge on any atom is -0.427 e. The van der Waals surface area contributed by atoms with Crippen LogP contribution in [-0.4, -0.2) is 11.8 Å². The maximum atomic E-state index is 13.9. The maximum Gasteiger partial charge on any atom is 0.444 e. The zero-order valence-electron chi connectivity index (χ0n) is 11.4. The predicted molar refractivity (Wildman–Crippen MR) is 78.7 cm³/mol. The molecule has 0 unspecified atom stereocenters. The van der Waals surface area contributed by atoms with Crippen molar-refractivity contribution in [2.45, 2.75) is 13.0 Å². The summed E-state index contributed by atoms with van der Waals surface area (Å²) >= 11 is 0. The summed E-state index contributed by atoms with van der Waals surface area (Å²) in [6.07, 6.45) is -2.12. The Hall–Kier alpha value is -2.49. The fourth-order valence-electron chi connectivity index (χ4n) is 2.03. The first-order valence-electron chi connectivity index (χ1n) is 6.54. The highest BCUT2D eigenvalue weighted by Gasteiger charge is 2.44. The second kappa shape index (κ2) is 5.13. The van der Waals surface area contributed by atoms with Crippen LogP contribution in [-0.2, 0) is 4.74 Å². The fourth-order valence-corrected chi connectivity index (χ4v) is 2.03. The van der Waals surface area contributed by atoms with E-state index in [1.165, 1.54) is 6.08 Å². The molecule has 21 heavy (non-hydrogen) atoms. The smallest absolute Gasteiger partial charge is 0.427 e. The number of ether oxygens (including phenoxy) is 1. The lowest BCUT2D eigenvalue weighted by molar-refractivity contribution is -0.125. The van der Waals surface area contributed by atoms with Crippen LogP contribution in [0.1, 0.15) is 11.1 Å². The molecular weight excluding hydrogens is 272 g/mol. The number of rotatable bonds is 2. The van der Waals surface area contributed by atoms with Crippen molar-refractivity contribution in [2.24, 2.45) is 4.99 Å². The van der Waals surface area contributed by atoms with Gasteiger partial charge in [-0.3, -0.25) is 0 Å². The first-order valence-corrected chi connectivity index (χ1v) is 6.54. The summed E-state index contributed by atoms with van der Waals surface area (Å²) in [4.78, 5) is 3.97. The van der Waals surface area contributed by atoms with Gasteiger partial charge in [0.2, 0.25) is 0 Å². The van der Waals surface area contributed by atoms with Crippen LogP contribution in [0, 0.1) is 6.92 Å². The summed E-state index contributed by atoms with van der Waals surface area (Å²) in [6, 6.07) is 15.8. The van der Waals surface area contributed by atoms with Crippen LogP contribution in [0.3, 0.4) is 0 Å². The van der Waals surface area contributed by atoms with Crippen molar-refractivity contribution in [3.8, 4) is 0 Å². The largest absolute Gasteiger partial charge is 0.444 e. The van der Waals surface area contributed by atoms with Crippen molar-refractivity contribution in [3.63, 3.8) is 0 Å². The normalized spacial score (nSPS) is 18.4. The van der Waals surface area contributed by atoms with Gasteiger partial charge in [-0.15, -0.1) is 0 Å². The molecule has 0 atom stereocenters. The topological polar surface area (TPSA) is 21.6 Å². The lowest BCUT2D eigenvalue weighted by Gasteiger charge is -2.12. The molecule has 0 saturated heterocycles. The van der Waals surface area contributed by atoms with Crippen LogP contribution in [0.4, 0.5) is 14.5 Å². The highest BCUT2D eigenvalue weighted by Crippen LogP contribution is 2.35. The Morgan fingerprint density at radius 2 is 1.62 bits per heavy atom. The van der Waals surface area contributed by atoms with Gasteiger partial charge in [-0.25, -0.2) is 4.99 Å². The van der Waals surface area contributed by atoms with E-state index >= 15 is 0 Å². The van der Waals surface area contributed by atoms with E-state index in [4.69, 9.17) is 4.74 Å². The molecule has 1 heterocycles. The third-order valence-electron chi connectivity index (χ3n) is 3.15. The number of benzene rings is 2. The summed E-state index contributed by atoms with van der Waals surface area (Å²) < 4.78 is 32.6. The van der Waals surface area contributed by atoms with E-state index in [1.54, 1.807) is 42.5 Å². The number of halogens is 2. The molecule has 0 fully saturated rings. The second-order valence-corrected chi connectivity index (χ2v) is 4.83. The van der Waals surface area contributed by atoms with Crippen molar-refractivity contribution in [1.82, 2.24) is 0 Å². The molecular formula is C17H13F2NO. The van der Waals surface area contributed by atoms with E-state index in [1.807, 2.05) is 19.1 Å². The van der Waals surface area contributed by atoms with E-state index in [9.17, 15) is 8.78 Å². The van der Waals surface area contributed by atoms with Gasteiger partial charge in [-0.2, -0.15) is 8.78 Å². The van der Waals surface area contributed by atoms with Crippen molar-refractivity contribution in [3.05, 3.63) is 71.8 Å². The van der Waals surface area contributed by atoms with Crippen LogP contribution in [0.25, 0.3) is 5.76 Å². The summed E-state index contributed by atoms with van der Waals surface area (Å²) in [7, 11) is 0. The van der Waals surface area contributed by atoms with Crippen LogP contribution in [0.15, 0.2) is 65.7 Å². The molecule has 1 aliphatic rings. The first-order chi connectivity index (χ1) is 10.0. The van der Waals surface area contributed by atoms with E-state index in [0.717, 1.165) is 5.56 Å². The maximum absolute atomic E-state index is 13.9. The van der Waals surface area contributed by atoms with Gasteiger partial charge in [-0.05, 0) is 19.1 Å². The zero-order valence-corrected chi connectivity index (χ0v) is 11.4. The van der Waals surface area contributed by atoms with E-state index in [-0.39, 0.29) is 11.5 Å². The monoisotopic (exact) mass is 285 g/mol. The molecule has 0 spiro atoms. The number of alkyl halides is 2. The van der Waals surface area contributed by atoms with E-state index in [2.05, 4.69) is 4.99 Å². The summed E-state index contributed by atoms with van der Waals surface area (Å²) in [5.74, 6) is 0.134.